The molecule has 37 heavy (non-hydrogen) atoms. The van der Waals surface area contributed by atoms with Crippen molar-refractivity contribution in [2.45, 2.75) is 30.8 Å². The van der Waals surface area contributed by atoms with E-state index in [1.54, 1.807) is 4.90 Å². The fraction of sp³-hybridized carbons (Fsp3) is 0.286. The van der Waals surface area contributed by atoms with Gasteiger partial charge in [-0.25, -0.2) is 4.79 Å². The maximum atomic E-state index is 13.6. The minimum absolute atomic E-state index is 0.0411. The molecule has 1 aromatic heterocycles. The van der Waals surface area contributed by atoms with Crippen LogP contribution in [0.4, 0.5) is 4.79 Å². The van der Waals surface area contributed by atoms with Gasteiger partial charge in [0.05, 0.1) is 17.5 Å². The summed E-state index contributed by atoms with van der Waals surface area (Å²) in [5.74, 6) is 1.32. The van der Waals surface area contributed by atoms with Crippen molar-refractivity contribution >= 4 is 23.0 Å². The Hall–Kier alpha value is -4.40. The van der Waals surface area contributed by atoms with Gasteiger partial charge in [-0.05, 0) is 48.2 Å². The molecule has 186 valence electrons. The smallest absolute Gasteiger partial charge is 0.346 e. The van der Waals surface area contributed by atoms with Crippen LogP contribution in [0.2, 0.25) is 0 Å². The molecule has 2 fully saturated rings. The lowest BCUT2D eigenvalue weighted by atomic mass is 9.75. The third-order valence-electron chi connectivity index (χ3n) is 7.69. The van der Waals surface area contributed by atoms with Crippen LogP contribution >= 0.6 is 0 Å². The van der Waals surface area contributed by atoms with E-state index >= 15 is 0 Å². The predicted molar refractivity (Wildman–Crippen MR) is 134 cm³/mol. The number of amides is 2. The van der Waals surface area contributed by atoms with E-state index < -0.39 is 0 Å². The second-order valence-corrected chi connectivity index (χ2v) is 9.68. The second kappa shape index (κ2) is 8.62. The Morgan fingerprint density at radius 1 is 0.865 bits per heavy atom. The number of fused-ring (bicyclic) bond motifs is 2. The van der Waals surface area contributed by atoms with E-state index in [0.717, 1.165) is 16.9 Å². The van der Waals surface area contributed by atoms with Gasteiger partial charge in [0.15, 0.2) is 11.5 Å². The molecule has 2 saturated heterocycles. The minimum Gasteiger partial charge on any atom is -0.454 e. The molecule has 3 aliphatic heterocycles. The monoisotopic (exact) mass is 495 g/mol. The summed E-state index contributed by atoms with van der Waals surface area (Å²) in [5, 5.41) is 8.19. The molecule has 9 nitrogen and oxygen atoms in total. The summed E-state index contributed by atoms with van der Waals surface area (Å²) >= 11 is 0. The predicted octanol–water partition coefficient (Wildman–Crippen LogP) is 3.96. The van der Waals surface area contributed by atoms with Gasteiger partial charge in [0.1, 0.15) is 5.52 Å². The SMILES string of the molecule is O=C1[C@H](c2ccccc2)[C@@H](c2ccc3c(c2)OCO3)N1C1CCN(C(=O)n2nnc3ccccc32)CC1. The van der Waals surface area contributed by atoms with E-state index in [1.165, 1.54) is 4.68 Å². The molecule has 0 bridgehead atoms. The summed E-state index contributed by atoms with van der Waals surface area (Å²) in [7, 11) is 0. The third-order valence-corrected chi connectivity index (χ3v) is 7.69. The topological polar surface area (TPSA) is 89.8 Å². The van der Waals surface area contributed by atoms with E-state index in [4.69, 9.17) is 9.47 Å². The number of piperidine rings is 1. The zero-order valence-corrected chi connectivity index (χ0v) is 20.1. The Morgan fingerprint density at radius 2 is 1.62 bits per heavy atom. The van der Waals surface area contributed by atoms with Crippen LogP contribution in [0.3, 0.4) is 0 Å². The minimum atomic E-state index is -0.247. The molecule has 2 amide bonds. The van der Waals surface area contributed by atoms with Gasteiger partial charge in [-0.15, -0.1) is 5.10 Å². The molecule has 0 saturated carbocycles. The molecule has 0 N–H and O–H groups in total. The molecule has 2 atom stereocenters. The first-order valence-electron chi connectivity index (χ1n) is 12.6. The summed E-state index contributed by atoms with van der Waals surface area (Å²) in [6.45, 7) is 1.30. The van der Waals surface area contributed by atoms with Gasteiger partial charge in [0, 0.05) is 19.1 Å². The first-order chi connectivity index (χ1) is 18.2. The molecule has 4 aromatic rings. The highest BCUT2D eigenvalue weighted by atomic mass is 16.7. The van der Waals surface area contributed by atoms with Crippen molar-refractivity contribution < 1.29 is 19.1 Å². The van der Waals surface area contributed by atoms with Crippen LogP contribution < -0.4 is 9.47 Å². The molecule has 4 heterocycles. The van der Waals surface area contributed by atoms with Gasteiger partial charge in [-0.1, -0.05) is 53.7 Å². The molecule has 0 spiro atoms. The summed E-state index contributed by atoms with van der Waals surface area (Å²) in [4.78, 5) is 30.6. The average Bonchev–Trinajstić information content (AvgIpc) is 3.59. The van der Waals surface area contributed by atoms with E-state index in [1.807, 2.05) is 77.7 Å². The number of rotatable bonds is 3. The van der Waals surface area contributed by atoms with Crippen molar-refractivity contribution in [1.82, 2.24) is 24.8 Å². The molecule has 3 aromatic carbocycles. The Labute approximate surface area is 213 Å². The first-order valence-corrected chi connectivity index (χ1v) is 12.6. The number of benzene rings is 3. The molecule has 0 aliphatic carbocycles. The lowest BCUT2D eigenvalue weighted by molar-refractivity contribution is -0.156. The Morgan fingerprint density at radius 3 is 2.46 bits per heavy atom. The lowest BCUT2D eigenvalue weighted by Crippen LogP contribution is -2.60. The van der Waals surface area contributed by atoms with Gasteiger partial charge in [-0.2, -0.15) is 4.68 Å². The summed E-state index contributed by atoms with van der Waals surface area (Å²) < 4.78 is 12.5. The second-order valence-electron chi connectivity index (χ2n) is 9.68. The normalized spacial score (nSPS) is 21.4. The number of hydrogen-bond acceptors (Lipinski definition) is 6. The highest BCUT2D eigenvalue weighted by Gasteiger charge is 2.52. The molecular weight excluding hydrogens is 470 g/mol. The quantitative estimate of drug-likeness (QED) is 0.400. The van der Waals surface area contributed by atoms with E-state index in [-0.39, 0.29) is 36.7 Å². The Balaban J connectivity index is 1.13. The summed E-state index contributed by atoms with van der Waals surface area (Å²) in [6, 6.07) is 23.1. The average molecular weight is 496 g/mol. The number of carbonyl (C=O) groups is 2. The molecule has 3 aliphatic rings. The van der Waals surface area contributed by atoms with E-state index in [2.05, 4.69) is 10.3 Å². The fourth-order valence-corrected chi connectivity index (χ4v) is 5.83. The van der Waals surface area contributed by atoms with Crippen LogP contribution in [0.15, 0.2) is 72.8 Å². The molecule has 9 heteroatoms. The molecular formula is C28H25N5O4. The van der Waals surface area contributed by atoms with Gasteiger partial charge in [0.25, 0.3) is 0 Å². The lowest BCUT2D eigenvalue weighted by Gasteiger charge is -2.53. The number of nitrogens with zero attached hydrogens (tertiary/aromatic N) is 5. The van der Waals surface area contributed by atoms with Crippen molar-refractivity contribution in [3.63, 3.8) is 0 Å². The highest BCUT2D eigenvalue weighted by molar-refractivity contribution is 5.92. The number of hydrogen-bond donors (Lipinski definition) is 0. The maximum Gasteiger partial charge on any atom is 0.346 e. The van der Waals surface area contributed by atoms with Gasteiger partial charge >= 0.3 is 6.03 Å². The standard InChI is InChI=1S/C28H25N5O4/c34-27-25(18-6-2-1-3-7-18)26(19-10-11-23-24(16-19)37-17-36-23)32(27)20-12-14-31(15-13-20)28(35)33-22-9-5-4-8-21(22)29-30-33/h1-11,16,20,25-26H,12-15,17H2/t25-,26-/m1/s1. The van der Waals surface area contributed by atoms with Gasteiger partial charge < -0.3 is 19.3 Å². The molecule has 0 radical (unpaired) electrons. The van der Waals surface area contributed by atoms with Crippen molar-refractivity contribution in [2.24, 2.45) is 0 Å². The number of para-hydroxylation sites is 1. The van der Waals surface area contributed by atoms with Crippen LogP contribution in [0, 0.1) is 0 Å². The maximum absolute atomic E-state index is 13.6. The van der Waals surface area contributed by atoms with Crippen LogP contribution in [0.5, 0.6) is 11.5 Å². The van der Waals surface area contributed by atoms with Crippen molar-refractivity contribution in [2.75, 3.05) is 19.9 Å². The Bertz CT molecular complexity index is 1500. The molecule has 7 rings (SSSR count). The molecule has 0 unspecified atom stereocenters. The van der Waals surface area contributed by atoms with Gasteiger partial charge in [-0.3, -0.25) is 4.79 Å². The van der Waals surface area contributed by atoms with Crippen molar-refractivity contribution in [3.8, 4) is 11.5 Å². The largest absolute Gasteiger partial charge is 0.454 e. The number of likely N-dealkylation sites (tertiary alicyclic amines) is 2. The van der Waals surface area contributed by atoms with E-state index in [0.29, 0.717) is 42.7 Å². The summed E-state index contributed by atoms with van der Waals surface area (Å²) in [6.07, 6.45) is 1.40. The fourth-order valence-electron chi connectivity index (χ4n) is 5.83. The van der Waals surface area contributed by atoms with Crippen LogP contribution in [-0.2, 0) is 4.79 Å². The Kier molecular flexibility index (Phi) is 5.09. The third kappa shape index (κ3) is 3.53. The zero-order chi connectivity index (χ0) is 24.9. The number of carbonyl (C=O) groups excluding carboxylic acids is 2. The van der Waals surface area contributed by atoms with Gasteiger partial charge in [0.2, 0.25) is 12.7 Å². The van der Waals surface area contributed by atoms with Crippen LogP contribution in [0.1, 0.15) is 35.9 Å². The summed E-state index contributed by atoms with van der Waals surface area (Å²) in [5.41, 5.74) is 3.43. The van der Waals surface area contributed by atoms with Crippen LogP contribution in [0.25, 0.3) is 11.0 Å². The van der Waals surface area contributed by atoms with E-state index in [9.17, 15) is 9.59 Å². The first kappa shape index (κ1) is 21.8. The number of ether oxygens (including phenoxy) is 2. The van der Waals surface area contributed by atoms with Crippen LogP contribution in [-0.4, -0.2) is 62.7 Å². The zero-order valence-electron chi connectivity index (χ0n) is 20.1. The highest BCUT2D eigenvalue weighted by Crippen LogP contribution is 2.50. The number of aromatic nitrogens is 3. The van der Waals surface area contributed by atoms with Crippen molar-refractivity contribution in [1.29, 1.82) is 0 Å². The van der Waals surface area contributed by atoms with Crippen molar-refractivity contribution in [3.05, 3.63) is 83.9 Å². The number of β-lactam (4-membered cyclic amide) rings is 1.